The summed E-state index contributed by atoms with van der Waals surface area (Å²) in [5.41, 5.74) is -3.03. The second-order valence-electron chi connectivity index (χ2n) is 10.4. The maximum atomic E-state index is 14.3. The van der Waals surface area contributed by atoms with Crippen LogP contribution in [0, 0.1) is 19.3 Å². The Hall–Kier alpha value is -1.82. The van der Waals surface area contributed by atoms with Gasteiger partial charge in [-0.1, -0.05) is 69.6 Å². The fraction of sp³-hybridized carbons (Fsp3) is 0.538. The predicted molar refractivity (Wildman–Crippen MR) is 153 cm³/mol. The zero-order chi connectivity index (χ0) is 31.8. The largest absolute Gasteiger partial charge is 0.512 e. The van der Waals surface area contributed by atoms with Crippen molar-refractivity contribution in [3.8, 4) is 11.5 Å². The van der Waals surface area contributed by atoms with Gasteiger partial charge in [0, 0.05) is 5.56 Å². The summed E-state index contributed by atoms with van der Waals surface area (Å²) < 4.78 is 29.8. The van der Waals surface area contributed by atoms with Crippen LogP contribution in [0.2, 0.25) is 0 Å². The average molecular weight is 709 g/mol. The molecule has 0 saturated carbocycles. The van der Waals surface area contributed by atoms with Crippen molar-refractivity contribution in [1.82, 2.24) is 0 Å². The summed E-state index contributed by atoms with van der Waals surface area (Å²) >= 11 is 34.5. The van der Waals surface area contributed by atoms with Gasteiger partial charge in [-0.15, -0.1) is 0 Å². The lowest BCUT2D eigenvalue weighted by Gasteiger charge is -2.54. The van der Waals surface area contributed by atoms with Crippen LogP contribution < -0.4 is 9.47 Å². The first kappa shape index (κ1) is 33.1. The van der Waals surface area contributed by atoms with E-state index in [9.17, 15) is 19.2 Å². The molecule has 1 spiro atoms. The Morgan fingerprint density at radius 1 is 0.857 bits per heavy atom. The highest BCUT2D eigenvalue weighted by molar-refractivity contribution is 6.68. The normalized spacial score (nSPS) is 26.8. The van der Waals surface area contributed by atoms with Crippen LogP contribution in [0.5, 0.6) is 11.5 Å². The van der Waals surface area contributed by atoms with Crippen LogP contribution >= 0.6 is 69.6 Å². The van der Waals surface area contributed by atoms with Crippen molar-refractivity contribution < 1.29 is 47.6 Å². The lowest BCUT2D eigenvalue weighted by Crippen LogP contribution is -2.72. The molecule has 16 heteroatoms. The van der Waals surface area contributed by atoms with Crippen molar-refractivity contribution in [2.45, 2.75) is 60.0 Å². The maximum absolute atomic E-state index is 14.3. The number of ketones is 1. The van der Waals surface area contributed by atoms with Gasteiger partial charge in [-0.2, -0.15) is 0 Å². The number of esters is 2. The number of carbonyl (C=O) groups is 4. The highest BCUT2D eigenvalue weighted by atomic mass is 35.6. The molecule has 0 aromatic heterocycles. The molecule has 1 fully saturated rings. The van der Waals surface area contributed by atoms with Gasteiger partial charge in [0.05, 0.1) is 7.11 Å². The maximum Gasteiger partial charge on any atom is 0.512 e. The van der Waals surface area contributed by atoms with Crippen molar-refractivity contribution in [2.24, 2.45) is 5.41 Å². The van der Waals surface area contributed by atoms with E-state index in [2.05, 4.69) is 0 Å². The van der Waals surface area contributed by atoms with Crippen molar-refractivity contribution in [1.29, 1.82) is 0 Å². The van der Waals surface area contributed by atoms with Crippen molar-refractivity contribution >= 4 is 93.5 Å². The first-order valence-electron chi connectivity index (χ1n) is 12.2. The Morgan fingerprint density at radius 3 is 1.93 bits per heavy atom. The molecule has 2 heterocycles. The van der Waals surface area contributed by atoms with Crippen LogP contribution in [0.1, 0.15) is 47.8 Å². The van der Waals surface area contributed by atoms with E-state index in [1.165, 1.54) is 27.9 Å². The summed E-state index contributed by atoms with van der Waals surface area (Å²) in [5, 5.41) is 0. The number of alkyl halides is 6. The number of benzene rings is 1. The van der Waals surface area contributed by atoms with E-state index in [-0.39, 0.29) is 29.1 Å². The molecule has 230 valence electrons. The Labute approximate surface area is 270 Å². The van der Waals surface area contributed by atoms with Crippen molar-refractivity contribution in [3.63, 3.8) is 0 Å². The number of hydrogen-bond acceptors (Lipinski definition) is 10. The smallest absolute Gasteiger partial charge is 0.495 e. The Morgan fingerprint density at radius 2 is 1.40 bits per heavy atom. The lowest BCUT2D eigenvalue weighted by atomic mass is 9.57. The van der Waals surface area contributed by atoms with Crippen LogP contribution in [0.25, 0.3) is 0 Å². The molecular weight excluding hydrogens is 685 g/mol. The fourth-order valence-corrected chi connectivity index (χ4v) is 6.06. The molecule has 0 amide bonds. The number of methoxy groups -OCH3 is 1. The zero-order valence-electron chi connectivity index (χ0n) is 23.0. The summed E-state index contributed by atoms with van der Waals surface area (Å²) in [5.74, 6) is -4.58. The second-order valence-corrected chi connectivity index (χ2v) is 15.4. The van der Waals surface area contributed by atoms with Gasteiger partial charge >= 0.3 is 23.9 Å². The fourth-order valence-electron chi connectivity index (χ4n) is 5.74. The van der Waals surface area contributed by atoms with E-state index >= 15 is 0 Å². The molecule has 1 aromatic carbocycles. The highest BCUT2D eigenvalue weighted by Crippen LogP contribution is 2.63. The third-order valence-electron chi connectivity index (χ3n) is 7.82. The minimum atomic E-state index is -2.08. The third kappa shape index (κ3) is 5.06. The van der Waals surface area contributed by atoms with Crippen LogP contribution in [0.15, 0.2) is 11.1 Å². The molecule has 0 unspecified atom stereocenters. The summed E-state index contributed by atoms with van der Waals surface area (Å²) in [6, 6.07) is 0. The van der Waals surface area contributed by atoms with Gasteiger partial charge in [0.1, 0.15) is 41.3 Å². The quantitative estimate of drug-likeness (QED) is 0.151. The molecule has 1 aliphatic carbocycles. The molecule has 2 aliphatic heterocycles. The topological polar surface area (TPSA) is 124 Å². The van der Waals surface area contributed by atoms with Crippen LogP contribution in [-0.4, -0.2) is 63.2 Å². The van der Waals surface area contributed by atoms with Gasteiger partial charge in [-0.05, 0) is 57.7 Å². The summed E-state index contributed by atoms with van der Waals surface area (Å²) in [7, 11) is 1.33. The Kier molecular flexibility index (Phi) is 8.40. The first-order chi connectivity index (χ1) is 19.1. The summed E-state index contributed by atoms with van der Waals surface area (Å²) in [6.45, 7) is 6.28. The van der Waals surface area contributed by atoms with E-state index in [1.54, 1.807) is 13.8 Å². The van der Waals surface area contributed by atoms with Gasteiger partial charge < -0.3 is 28.4 Å². The van der Waals surface area contributed by atoms with Gasteiger partial charge in [0.15, 0.2) is 5.78 Å². The molecule has 0 radical (unpaired) electrons. The minimum absolute atomic E-state index is 0.00170. The molecular formula is C26H24Cl6O10. The molecule has 3 atom stereocenters. The number of hydrogen-bond donors (Lipinski definition) is 0. The molecule has 3 aliphatic rings. The molecule has 1 aromatic rings. The SMILES string of the molecule is COc1c(C)c2c(c(C)c1C(=O)OCC(Cl)(Cl)Cl)C[C@@]1(C)C(=O)C(C(=O)OCC(Cl)(Cl)Cl)=C(C)[C@@]3(C)OC(=O)O[C@@]13O2. The summed E-state index contributed by atoms with van der Waals surface area (Å²) in [6.07, 6.45) is -1.33. The van der Waals surface area contributed by atoms with E-state index in [4.69, 9.17) is 98.0 Å². The molecule has 4 rings (SSSR count). The Balaban J connectivity index is 1.92. The first-order valence-corrected chi connectivity index (χ1v) is 14.5. The average Bonchev–Trinajstić information content (AvgIpc) is 3.14. The van der Waals surface area contributed by atoms with E-state index in [0.717, 1.165) is 0 Å². The molecule has 1 saturated heterocycles. The Bertz CT molecular complexity index is 1440. The standard InChI is InChI=1S/C26H24Cl6O10/c1-10-13-7-22(4)18(33)15(20(35)39-9-25(30,31)32)12(3)23(5)26(22,42-21(36)41-23)40-16(13)11(2)17(37-6)14(10)19(34)38-8-24(27,28)29/h7-9H2,1-6H3/t22-,23+,26-/m0/s1. The number of rotatable bonds is 5. The van der Waals surface area contributed by atoms with Gasteiger partial charge in [0.25, 0.3) is 0 Å². The minimum Gasteiger partial charge on any atom is -0.495 e. The van der Waals surface area contributed by atoms with Crippen LogP contribution in [0.3, 0.4) is 0 Å². The van der Waals surface area contributed by atoms with Gasteiger partial charge in [-0.3, -0.25) is 4.79 Å². The van der Waals surface area contributed by atoms with Crippen LogP contribution in [-0.2, 0) is 35.0 Å². The van der Waals surface area contributed by atoms with E-state index in [1.807, 2.05) is 0 Å². The number of halogens is 6. The molecule has 10 nitrogen and oxygen atoms in total. The summed E-state index contributed by atoms with van der Waals surface area (Å²) in [4.78, 5) is 53.4. The molecule has 0 bridgehead atoms. The number of carbonyl (C=O) groups excluding carboxylic acids is 4. The van der Waals surface area contributed by atoms with Crippen LogP contribution in [0.4, 0.5) is 4.79 Å². The van der Waals surface area contributed by atoms with E-state index < -0.39 is 67.1 Å². The van der Waals surface area contributed by atoms with Crippen molar-refractivity contribution in [3.05, 3.63) is 33.4 Å². The van der Waals surface area contributed by atoms with Crippen molar-refractivity contribution in [2.75, 3.05) is 20.3 Å². The number of ether oxygens (including phenoxy) is 6. The van der Waals surface area contributed by atoms with Gasteiger partial charge in [-0.25, -0.2) is 14.4 Å². The zero-order valence-corrected chi connectivity index (χ0v) is 27.5. The molecule has 42 heavy (non-hydrogen) atoms. The van der Waals surface area contributed by atoms with Gasteiger partial charge in [0.2, 0.25) is 13.2 Å². The number of fused-ring (bicyclic) bond motifs is 1. The predicted octanol–water partition coefficient (Wildman–Crippen LogP) is 6.21. The lowest BCUT2D eigenvalue weighted by molar-refractivity contribution is -0.244. The highest BCUT2D eigenvalue weighted by Gasteiger charge is 2.79. The monoisotopic (exact) mass is 706 g/mol. The van der Waals surface area contributed by atoms with E-state index in [0.29, 0.717) is 16.7 Å². The third-order valence-corrected chi connectivity index (χ3v) is 8.47. The molecule has 0 N–H and O–H groups in total. The number of Topliss-reactive ketones (excluding diaryl/α,β-unsaturated/α-hetero) is 1. The second kappa shape index (κ2) is 10.7.